The van der Waals surface area contributed by atoms with Gasteiger partial charge in [-0.25, -0.2) is 13.1 Å². The quantitative estimate of drug-likeness (QED) is 0.748. The molecule has 1 rings (SSSR count). The van der Waals surface area contributed by atoms with E-state index in [0.29, 0.717) is 41.8 Å². The molecule has 1 N–H and O–H groups in total. The van der Waals surface area contributed by atoms with Gasteiger partial charge in [0.05, 0.1) is 15.8 Å². The molecule has 0 atom stereocenters. The molecule has 0 heterocycles. The van der Waals surface area contributed by atoms with E-state index in [0.717, 1.165) is 0 Å². The molecule has 0 saturated carbocycles. The fourth-order valence-electron chi connectivity index (χ4n) is 1.45. The van der Waals surface area contributed by atoms with E-state index in [1.54, 1.807) is 18.2 Å². The SMILES string of the molecule is CCOCCCNS(=O)(=O)Cc1ccc(Cl)c(Cl)c1. The summed E-state index contributed by atoms with van der Waals surface area (Å²) in [4.78, 5) is 0. The van der Waals surface area contributed by atoms with Gasteiger partial charge in [0.25, 0.3) is 0 Å². The summed E-state index contributed by atoms with van der Waals surface area (Å²) in [7, 11) is -3.36. The molecule has 0 fully saturated rings. The minimum absolute atomic E-state index is 0.113. The van der Waals surface area contributed by atoms with Crippen molar-refractivity contribution in [3.05, 3.63) is 33.8 Å². The Kier molecular flexibility index (Phi) is 7.10. The fraction of sp³-hybridized carbons (Fsp3) is 0.500. The Morgan fingerprint density at radius 1 is 1.26 bits per heavy atom. The first-order valence-electron chi connectivity index (χ1n) is 5.93. The van der Waals surface area contributed by atoms with Gasteiger partial charge in [-0.3, -0.25) is 0 Å². The Labute approximate surface area is 124 Å². The topological polar surface area (TPSA) is 55.4 Å². The van der Waals surface area contributed by atoms with Crippen molar-refractivity contribution in [1.82, 2.24) is 4.72 Å². The summed E-state index contributed by atoms with van der Waals surface area (Å²) in [5.74, 6) is -0.113. The van der Waals surface area contributed by atoms with Crippen molar-refractivity contribution in [3.8, 4) is 0 Å². The predicted molar refractivity (Wildman–Crippen MR) is 78.2 cm³/mol. The van der Waals surface area contributed by atoms with Gasteiger partial charge < -0.3 is 4.74 Å². The molecule has 0 saturated heterocycles. The van der Waals surface area contributed by atoms with Crippen LogP contribution >= 0.6 is 23.2 Å². The van der Waals surface area contributed by atoms with E-state index in [9.17, 15) is 8.42 Å². The van der Waals surface area contributed by atoms with Crippen LogP contribution in [0.1, 0.15) is 18.9 Å². The molecule has 1 aromatic rings. The molecule has 108 valence electrons. The molecule has 0 aliphatic rings. The van der Waals surface area contributed by atoms with Crippen molar-refractivity contribution in [2.75, 3.05) is 19.8 Å². The van der Waals surface area contributed by atoms with E-state index in [2.05, 4.69) is 4.72 Å². The third-order valence-corrected chi connectivity index (χ3v) is 4.43. The van der Waals surface area contributed by atoms with Crippen molar-refractivity contribution >= 4 is 33.2 Å². The van der Waals surface area contributed by atoms with Crippen LogP contribution in [0.2, 0.25) is 10.0 Å². The lowest BCUT2D eigenvalue weighted by molar-refractivity contribution is 0.146. The molecule has 0 radical (unpaired) electrons. The van der Waals surface area contributed by atoms with Gasteiger partial charge in [0.1, 0.15) is 0 Å². The fourth-order valence-corrected chi connectivity index (χ4v) is 2.94. The third-order valence-electron chi connectivity index (χ3n) is 2.33. The second-order valence-electron chi connectivity index (χ2n) is 3.95. The number of sulfonamides is 1. The van der Waals surface area contributed by atoms with Gasteiger partial charge in [0, 0.05) is 19.8 Å². The predicted octanol–water partition coefficient (Wildman–Crippen LogP) is 2.84. The molecule has 7 heteroatoms. The third kappa shape index (κ3) is 6.58. The zero-order chi connectivity index (χ0) is 14.3. The summed E-state index contributed by atoms with van der Waals surface area (Å²) in [6.45, 7) is 3.44. The smallest absolute Gasteiger partial charge is 0.215 e. The summed E-state index contributed by atoms with van der Waals surface area (Å²) in [5, 5.41) is 0.762. The number of ether oxygens (including phenoxy) is 1. The van der Waals surface area contributed by atoms with Gasteiger partial charge in [0.2, 0.25) is 10.0 Å². The summed E-state index contributed by atoms with van der Waals surface area (Å²) in [6.07, 6.45) is 0.647. The normalized spacial score (nSPS) is 11.7. The van der Waals surface area contributed by atoms with Gasteiger partial charge in [0.15, 0.2) is 0 Å². The summed E-state index contributed by atoms with van der Waals surface area (Å²) in [5.41, 5.74) is 0.603. The van der Waals surface area contributed by atoms with Crippen molar-refractivity contribution in [2.24, 2.45) is 0 Å². The van der Waals surface area contributed by atoms with Crippen LogP contribution < -0.4 is 4.72 Å². The second kappa shape index (κ2) is 8.07. The average Bonchev–Trinajstić information content (AvgIpc) is 2.33. The number of hydrogen-bond acceptors (Lipinski definition) is 3. The Balaban J connectivity index is 2.47. The summed E-state index contributed by atoms with van der Waals surface area (Å²) in [6, 6.07) is 4.79. The summed E-state index contributed by atoms with van der Waals surface area (Å²) >= 11 is 11.6. The van der Waals surface area contributed by atoms with Crippen molar-refractivity contribution in [1.29, 1.82) is 0 Å². The Bertz CT molecular complexity index is 506. The van der Waals surface area contributed by atoms with E-state index in [1.165, 1.54) is 0 Å². The lowest BCUT2D eigenvalue weighted by atomic mass is 10.2. The molecule has 0 aromatic heterocycles. The molecule has 0 aliphatic heterocycles. The minimum atomic E-state index is -3.36. The van der Waals surface area contributed by atoms with Crippen LogP contribution in [0.5, 0.6) is 0 Å². The molecular weight excluding hydrogens is 309 g/mol. The first-order chi connectivity index (χ1) is 8.94. The maximum Gasteiger partial charge on any atom is 0.215 e. The Morgan fingerprint density at radius 3 is 2.63 bits per heavy atom. The van der Waals surface area contributed by atoms with Crippen molar-refractivity contribution in [2.45, 2.75) is 19.1 Å². The van der Waals surface area contributed by atoms with Crippen molar-refractivity contribution in [3.63, 3.8) is 0 Å². The van der Waals surface area contributed by atoms with Crippen LogP contribution in [0, 0.1) is 0 Å². The van der Waals surface area contributed by atoms with Crippen LogP contribution in [0.15, 0.2) is 18.2 Å². The molecule has 0 amide bonds. The number of hydrogen-bond donors (Lipinski definition) is 1. The molecule has 0 aliphatic carbocycles. The molecular formula is C12H17Cl2NO3S. The molecule has 4 nitrogen and oxygen atoms in total. The summed E-state index contributed by atoms with van der Waals surface area (Å²) < 4.78 is 31.2. The molecule has 19 heavy (non-hydrogen) atoms. The van der Waals surface area contributed by atoms with E-state index in [4.69, 9.17) is 27.9 Å². The zero-order valence-electron chi connectivity index (χ0n) is 10.7. The van der Waals surface area contributed by atoms with Crippen LogP contribution in [0.4, 0.5) is 0 Å². The highest BCUT2D eigenvalue weighted by Crippen LogP contribution is 2.23. The highest BCUT2D eigenvalue weighted by Gasteiger charge is 2.11. The Hall–Kier alpha value is -0.330. The average molecular weight is 326 g/mol. The first-order valence-corrected chi connectivity index (χ1v) is 8.34. The number of benzene rings is 1. The van der Waals surface area contributed by atoms with E-state index < -0.39 is 10.0 Å². The highest BCUT2D eigenvalue weighted by atomic mass is 35.5. The van der Waals surface area contributed by atoms with E-state index in [1.807, 2.05) is 6.92 Å². The number of rotatable bonds is 8. The molecule has 0 spiro atoms. The van der Waals surface area contributed by atoms with Crippen LogP contribution in [0.3, 0.4) is 0 Å². The van der Waals surface area contributed by atoms with Crippen molar-refractivity contribution < 1.29 is 13.2 Å². The van der Waals surface area contributed by atoms with Crippen LogP contribution in [-0.2, 0) is 20.5 Å². The van der Waals surface area contributed by atoms with Gasteiger partial charge in [-0.05, 0) is 31.0 Å². The monoisotopic (exact) mass is 325 g/mol. The number of nitrogens with one attached hydrogen (secondary N) is 1. The van der Waals surface area contributed by atoms with Gasteiger partial charge >= 0.3 is 0 Å². The second-order valence-corrected chi connectivity index (χ2v) is 6.57. The maximum atomic E-state index is 11.8. The van der Waals surface area contributed by atoms with Gasteiger partial charge in [-0.2, -0.15) is 0 Å². The van der Waals surface area contributed by atoms with E-state index >= 15 is 0 Å². The van der Waals surface area contributed by atoms with Gasteiger partial charge in [-0.15, -0.1) is 0 Å². The van der Waals surface area contributed by atoms with E-state index in [-0.39, 0.29) is 5.75 Å². The maximum absolute atomic E-state index is 11.8. The molecule has 0 unspecified atom stereocenters. The van der Waals surface area contributed by atoms with Crippen LogP contribution in [-0.4, -0.2) is 28.2 Å². The first kappa shape index (κ1) is 16.7. The molecule has 0 bridgehead atoms. The van der Waals surface area contributed by atoms with Gasteiger partial charge in [-0.1, -0.05) is 29.3 Å². The lowest BCUT2D eigenvalue weighted by Crippen LogP contribution is -2.26. The minimum Gasteiger partial charge on any atom is -0.382 e. The zero-order valence-corrected chi connectivity index (χ0v) is 13.0. The largest absolute Gasteiger partial charge is 0.382 e. The van der Waals surface area contributed by atoms with Crippen LogP contribution in [0.25, 0.3) is 0 Å². The Morgan fingerprint density at radius 2 is 2.00 bits per heavy atom. The highest BCUT2D eigenvalue weighted by molar-refractivity contribution is 7.88. The molecule has 1 aromatic carbocycles. The number of halogens is 2. The standard InChI is InChI=1S/C12H17Cl2NO3S/c1-2-18-7-3-6-15-19(16,17)9-10-4-5-11(13)12(14)8-10/h4-5,8,15H,2-3,6-7,9H2,1H3. The lowest BCUT2D eigenvalue weighted by Gasteiger charge is -2.07.